The number of para-hydroxylation sites is 1. The summed E-state index contributed by atoms with van der Waals surface area (Å²) >= 11 is 0. The van der Waals surface area contributed by atoms with Crippen molar-refractivity contribution >= 4 is 10.9 Å². The molecule has 3 saturated carbocycles. The lowest BCUT2D eigenvalue weighted by molar-refractivity contribution is -0.203. The van der Waals surface area contributed by atoms with E-state index in [0.717, 1.165) is 37.6 Å². The van der Waals surface area contributed by atoms with Crippen LogP contribution in [0.5, 0.6) is 0 Å². The van der Waals surface area contributed by atoms with E-state index in [4.69, 9.17) is 4.98 Å². The largest absolute Gasteiger partial charge is 0.393 e. The van der Waals surface area contributed by atoms with Crippen LogP contribution < -0.4 is 0 Å². The molecule has 0 radical (unpaired) electrons. The Morgan fingerprint density at radius 2 is 1.73 bits per heavy atom. The molecule has 0 unspecified atom stereocenters. The number of hydrogen-bond acceptors (Lipinski definition) is 3. The van der Waals surface area contributed by atoms with Crippen LogP contribution in [0.3, 0.4) is 0 Å². The molecule has 0 bridgehead atoms. The van der Waals surface area contributed by atoms with Crippen LogP contribution in [-0.2, 0) is 6.42 Å². The van der Waals surface area contributed by atoms with Gasteiger partial charge < -0.3 is 10.2 Å². The van der Waals surface area contributed by atoms with Gasteiger partial charge in [-0.1, -0.05) is 71.4 Å². The third kappa shape index (κ3) is 3.42. The first kappa shape index (κ1) is 25.6. The number of aliphatic hydroxyl groups is 2. The van der Waals surface area contributed by atoms with Crippen molar-refractivity contribution in [3.63, 3.8) is 0 Å². The number of hydrogen-bond donors (Lipinski definition) is 2. The minimum Gasteiger partial charge on any atom is -0.393 e. The van der Waals surface area contributed by atoms with Crippen LogP contribution in [0.25, 0.3) is 10.9 Å². The molecular formula is C34H47NO2. The SMILES string of the molecule is C[C@H](Cc1cnc2ccccc2c1)[C@H]1CC[C@@]2(C)[C@@H]3CC=C4[C@@H](CC[C@H](O)C4(C)C)[C@]3(C)[C@H](O)C[C@]12C. The van der Waals surface area contributed by atoms with Crippen LogP contribution in [0.1, 0.15) is 85.6 Å². The number of fused-ring (bicyclic) bond motifs is 6. The fourth-order valence-electron chi connectivity index (χ4n) is 10.4. The highest BCUT2D eigenvalue weighted by Gasteiger charge is 2.70. The van der Waals surface area contributed by atoms with Gasteiger partial charge in [0.1, 0.15) is 0 Å². The Kier molecular flexibility index (Phi) is 5.80. The van der Waals surface area contributed by atoms with Gasteiger partial charge in [-0.3, -0.25) is 4.98 Å². The van der Waals surface area contributed by atoms with E-state index in [1.165, 1.54) is 29.4 Å². The lowest BCUT2D eigenvalue weighted by Gasteiger charge is -2.67. The molecule has 200 valence electrons. The van der Waals surface area contributed by atoms with E-state index in [9.17, 15) is 10.2 Å². The monoisotopic (exact) mass is 501 g/mol. The van der Waals surface area contributed by atoms with Crippen molar-refractivity contribution in [2.24, 2.45) is 45.3 Å². The van der Waals surface area contributed by atoms with Crippen LogP contribution in [0.2, 0.25) is 0 Å². The van der Waals surface area contributed by atoms with Crippen LogP contribution >= 0.6 is 0 Å². The summed E-state index contributed by atoms with van der Waals surface area (Å²) in [4.78, 5) is 4.74. The molecule has 4 aliphatic rings. The minimum atomic E-state index is -0.301. The van der Waals surface area contributed by atoms with E-state index in [1.54, 1.807) is 0 Å². The van der Waals surface area contributed by atoms with Crippen molar-refractivity contribution in [1.29, 1.82) is 0 Å². The van der Waals surface area contributed by atoms with Gasteiger partial charge in [0.25, 0.3) is 0 Å². The van der Waals surface area contributed by atoms with E-state index in [1.807, 2.05) is 0 Å². The maximum atomic E-state index is 12.1. The van der Waals surface area contributed by atoms with Crippen molar-refractivity contribution in [3.8, 4) is 0 Å². The molecule has 2 N–H and O–H groups in total. The van der Waals surface area contributed by atoms with Gasteiger partial charge in [0.15, 0.2) is 0 Å². The highest BCUT2D eigenvalue weighted by atomic mass is 16.3. The molecule has 0 saturated heterocycles. The molecule has 0 amide bonds. The number of benzene rings is 1. The molecule has 4 aliphatic carbocycles. The van der Waals surface area contributed by atoms with Gasteiger partial charge in [0, 0.05) is 22.4 Å². The average molecular weight is 502 g/mol. The average Bonchev–Trinajstić information content (AvgIpc) is 3.12. The van der Waals surface area contributed by atoms with Crippen molar-refractivity contribution in [1.82, 2.24) is 4.98 Å². The molecule has 1 aromatic carbocycles. The Morgan fingerprint density at radius 3 is 2.51 bits per heavy atom. The molecule has 0 aliphatic heterocycles. The summed E-state index contributed by atoms with van der Waals surface area (Å²) in [7, 11) is 0. The highest BCUT2D eigenvalue weighted by Crippen LogP contribution is 2.74. The van der Waals surface area contributed by atoms with Gasteiger partial charge in [-0.15, -0.1) is 0 Å². The summed E-state index contributed by atoms with van der Waals surface area (Å²) in [6.07, 6.45) is 11.3. The first-order valence-electron chi connectivity index (χ1n) is 14.8. The normalized spacial score (nSPS) is 43.5. The van der Waals surface area contributed by atoms with Crippen LogP contribution in [-0.4, -0.2) is 27.4 Å². The molecule has 37 heavy (non-hydrogen) atoms. The van der Waals surface area contributed by atoms with E-state index >= 15 is 0 Å². The summed E-state index contributed by atoms with van der Waals surface area (Å²) in [5.74, 6) is 2.00. The zero-order chi connectivity index (χ0) is 26.4. The number of nitrogens with zero attached hydrogens (tertiary/aromatic N) is 1. The Balaban J connectivity index is 1.31. The predicted octanol–water partition coefficient (Wildman–Crippen LogP) is 7.35. The maximum absolute atomic E-state index is 12.1. The minimum absolute atomic E-state index is 0.115. The van der Waals surface area contributed by atoms with Crippen LogP contribution in [0.15, 0.2) is 48.2 Å². The van der Waals surface area contributed by atoms with Crippen molar-refractivity contribution in [3.05, 3.63) is 53.7 Å². The third-order valence-corrected chi connectivity index (χ3v) is 12.9. The quantitative estimate of drug-likeness (QED) is 0.432. The van der Waals surface area contributed by atoms with E-state index < -0.39 is 0 Å². The second-order valence-electron chi connectivity index (χ2n) is 14.6. The van der Waals surface area contributed by atoms with E-state index in [2.05, 4.69) is 84.1 Å². The molecule has 3 nitrogen and oxygen atoms in total. The van der Waals surface area contributed by atoms with Gasteiger partial charge in [-0.25, -0.2) is 0 Å². The number of aromatic nitrogens is 1. The summed E-state index contributed by atoms with van der Waals surface area (Å²) in [6, 6.07) is 10.7. The third-order valence-electron chi connectivity index (χ3n) is 12.9. The summed E-state index contributed by atoms with van der Waals surface area (Å²) in [5, 5.41) is 24.1. The molecule has 0 spiro atoms. The highest BCUT2D eigenvalue weighted by molar-refractivity contribution is 5.78. The maximum Gasteiger partial charge on any atom is 0.0702 e. The smallest absolute Gasteiger partial charge is 0.0702 e. The summed E-state index contributed by atoms with van der Waals surface area (Å²) < 4.78 is 0. The van der Waals surface area contributed by atoms with E-state index in [0.29, 0.717) is 23.7 Å². The Labute approximate surface area is 223 Å². The zero-order valence-electron chi connectivity index (χ0n) is 23.8. The first-order chi connectivity index (χ1) is 17.4. The Hall–Kier alpha value is -1.71. The number of allylic oxidation sites excluding steroid dienone is 1. The van der Waals surface area contributed by atoms with Gasteiger partial charge in [-0.2, -0.15) is 0 Å². The fourth-order valence-corrected chi connectivity index (χ4v) is 10.4. The zero-order valence-corrected chi connectivity index (χ0v) is 23.8. The summed E-state index contributed by atoms with van der Waals surface area (Å²) in [6.45, 7) is 14.4. The summed E-state index contributed by atoms with van der Waals surface area (Å²) in [5.41, 5.74) is 3.84. The molecule has 1 heterocycles. The molecule has 3 fully saturated rings. The van der Waals surface area contributed by atoms with Gasteiger partial charge in [0.05, 0.1) is 17.7 Å². The second kappa shape index (κ2) is 8.39. The fraction of sp³-hybridized carbons (Fsp3) is 0.676. The Morgan fingerprint density at radius 1 is 0.973 bits per heavy atom. The Bertz CT molecular complexity index is 1230. The molecule has 9 atom stereocenters. The number of pyridine rings is 1. The number of aliphatic hydroxyl groups excluding tert-OH is 2. The standard InChI is InChI=1S/C34H47NO2/c1-21(17-22-18-23-9-7-8-10-27(23)35-20-22)24-15-16-32(4)28-13-11-25-26(12-14-29(36)31(25,2)3)34(28,6)30(37)19-33(24,32)5/h7-11,18,20-21,24,26,28-30,36-37H,12-17,19H2,1-6H3/t21-,24-,26-,28+,29+,30-,32+,33-,34+/m1/s1. The molecule has 2 aromatic rings. The van der Waals surface area contributed by atoms with Gasteiger partial charge >= 0.3 is 0 Å². The number of rotatable bonds is 3. The molecular weight excluding hydrogens is 454 g/mol. The van der Waals surface area contributed by atoms with Crippen molar-refractivity contribution in [2.75, 3.05) is 0 Å². The van der Waals surface area contributed by atoms with Gasteiger partial charge in [0.2, 0.25) is 0 Å². The second-order valence-corrected chi connectivity index (χ2v) is 14.6. The van der Waals surface area contributed by atoms with E-state index in [-0.39, 0.29) is 33.9 Å². The van der Waals surface area contributed by atoms with Gasteiger partial charge in [-0.05, 0) is 97.1 Å². The van der Waals surface area contributed by atoms with Crippen LogP contribution in [0.4, 0.5) is 0 Å². The lowest BCUT2D eigenvalue weighted by Crippen LogP contribution is -2.64. The molecule has 3 heteroatoms. The topological polar surface area (TPSA) is 53.4 Å². The predicted molar refractivity (Wildman–Crippen MR) is 151 cm³/mol. The van der Waals surface area contributed by atoms with Crippen molar-refractivity contribution in [2.45, 2.75) is 98.7 Å². The van der Waals surface area contributed by atoms with Crippen LogP contribution in [0, 0.1) is 45.3 Å². The molecule has 6 rings (SSSR count). The first-order valence-corrected chi connectivity index (χ1v) is 14.8. The molecule has 1 aromatic heterocycles. The van der Waals surface area contributed by atoms with Crippen molar-refractivity contribution < 1.29 is 10.2 Å². The lowest BCUT2D eigenvalue weighted by atomic mass is 9.38.